The van der Waals surface area contributed by atoms with Gasteiger partial charge in [0.2, 0.25) is 0 Å². The summed E-state index contributed by atoms with van der Waals surface area (Å²) < 4.78 is 17.7. The molecular formula is C27H47ClN2O9. The van der Waals surface area contributed by atoms with Gasteiger partial charge in [0, 0.05) is 23.3 Å². The van der Waals surface area contributed by atoms with Crippen molar-refractivity contribution in [2.24, 2.45) is 22.5 Å². The zero-order valence-corrected chi connectivity index (χ0v) is 25.1. The quantitative estimate of drug-likeness (QED) is 0.277. The summed E-state index contributed by atoms with van der Waals surface area (Å²) in [5.41, 5.74) is -2.56. The van der Waals surface area contributed by atoms with Crippen LogP contribution in [0, 0.1) is 16.7 Å². The van der Waals surface area contributed by atoms with Crippen molar-refractivity contribution in [3.8, 4) is 0 Å². The Balaban J connectivity index is 0.00000380. The van der Waals surface area contributed by atoms with Gasteiger partial charge in [0.25, 0.3) is 0 Å². The number of hydrogen-bond donors (Lipinski definition) is 4. The molecule has 0 unspecified atom stereocenters. The number of aliphatic hydroxyl groups is 2. The number of nitrogens with one attached hydrogen (secondary N) is 1. The van der Waals surface area contributed by atoms with Gasteiger partial charge in [-0.1, -0.05) is 26.8 Å². The smallest absolute Gasteiger partial charge is 0.404 e. The molecule has 3 aliphatic rings. The number of aliphatic hydroxyl groups excluding tert-OH is 1. The zero-order chi connectivity index (χ0) is 28.4. The number of carbonyl (C=O) groups is 3. The van der Waals surface area contributed by atoms with Crippen molar-refractivity contribution < 1.29 is 44.3 Å². The topological polar surface area (TPSA) is 189 Å². The molecule has 0 radical (unpaired) electrons. The van der Waals surface area contributed by atoms with Gasteiger partial charge in [-0.3, -0.25) is 9.59 Å². The number of fused-ring (bicyclic) bond motifs is 3. The van der Waals surface area contributed by atoms with Gasteiger partial charge in [-0.2, -0.15) is 0 Å². The molecule has 3 rings (SSSR count). The van der Waals surface area contributed by atoms with Gasteiger partial charge in [0.05, 0.1) is 18.2 Å². The first kappa shape index (κ1) is 35.3. The lowest BCUT2D eigenvalue weighted by Gasteiger charge is -2.71. The molecule has 2 saturated carbocycles. The van der Waals surface area contributed by atoms with Gasteiger partial charge in [-0.05, 0) is 52.9 Å². The van der Waals surface area contributed by atoms with E-state index in [9.17, 15) is 24.6 Å². The van der Waals surface area contributed by atoms with Gasteiger partial charge >= 0.3 is 12.1 Å². The Hall–Kier alpha value is -1.76. The average molecular weight is 579 g/mol. The molecule has 1 saturated heterocycles. The molecule has 3 fully saturated rings. The molecule has 8 atom stereocenters. The molecule has 11 nitrogen and oxygen atoms in total. The number of primary amides is 1. The Bertz CT molecular complexity index is 985. The Kier molecular flexibility index (Phi) is 9.86. The largest absolute Gasteiger partial charge is 0.461 e. The summed E-state index contributed by atoms with van der Waals surface area (Å²) in [7, 11) is 0. The van der Waals surface area contributed by atoms with E-state index < -0.39 is 69.7 Å². The minimum atomic E-state index is -2.31. The highest BCUT2D eigenvalue weighted by Gasteiger charge is 2.82. The molecule has 1 aliphatic heterocycles. The van der Waals surface area contributed by atoms with Crippen LogP contribution in [0.1, 0.15) is 74.7 Å². The average Bonchev–Trinajstić information content (AvgIpc) is 2.74. The van der Waals surface area contributed by atoms with Crippen LogP contribution in [-0.2, 0) is 23.8 Å². The molecule has 12 heteroatoms. The molecule has 0 spiro atoms. The molecule has 1 amide bonds. The SMILES string of the molecule is C=C[C@@]1(C)CC(=O)[C@]2(O)[C@@]3(C)[C@@H](OC(=O)CNC(C)(C)C)CCC(C)(C)[C@@H]3[C@H](O)[C@H](OC(N)=O)[C@@]2(C)O1.Cl.O. The second-order valence-corrected chi connectivity index (χ2v) is 13.3. The first-order valence-corrected chi connectivity index (χ1v) is 12.9. The fourth-order valence-electron chi connectivity index (χ4n) is 7.30. The van der Waals surface area contributed by atoms with Crippen LogP contribution in [0.4, 0.5) is 4.79 Å². The number of halogens is 1. The van der Waals surface area contributed by atoms with E-state index >= 15 is 0 Å². The molecule has 0 bridgehead atoms. The number of carbonyl (C=O) groups excluding carboxylic acids is 3. The lowest BCUT2D eigenvalue weighted by Crippen LogP contribution is -2.87. The number of esters is 1. The first-order valence-electron chi connectivity index (χ1n) is 12.9. The summed E-state index contributed by atoms with van der Waals surface area (Å²) in [5, 5.41) is 27.5. The third-order valence-corrected chi connectivity index (χ3v) is 8.97. The minimum Gasteiger partial charge on any atom is -0.461 e. The third kappa shape index (κ3) is 5.46. The van der Waals surface area contributed by atoms with Gasteiger partial charge in [-0.25, -0.2) is 4.79 Å². The molecule has 226 valence electrons. The Morgan fingerprint density at radius 2 is 1.77 bits per heavy atom. The second-order valence-electron chi connectivity index (χ2n) is 13.3. The molecule has 1 heterocycles. The maximum absolute atomic E-state index is 14.0. The fraction of sp³-hybridized carbons (Fsp3) is 0.815. The number of ether oxygens (including phenoxy) is 3. The highest BCUT2D eigenvalue weighted by atomic mass is 35.5. The predicted octanol–water partition coefficient (Wildman–Crippen LogP) is 1.59. The van der Waals surface area contributed by atoms with Crippen molar-refractivity contribution in [3.05, 3.63) is 12.7 Å². The molecule has 0 aromatic rings. The predicted molar refractivity (Wildman–Crippen MR) is 146 cm³/mol. The number of hydrogen-bond acceptors (Lipinski definition) is 9. The van der Waals surface area contributed by atoms with Crippen molar-refractivity contribution in [3.63, 3.8) is 0 Å². The van der Waals surface area contributed by atoms with E-state index in [1.165, 1.54) is 13.0 Å². The van der Waals surface area contributed by atoms with Crippen LogP contribution in [0.2, 0.25) is 0 Å². The Morgan fingerprint density at radius 3 is 2.26 bits per heavy atom. The van der Waals surface area contributed by atoms with E-state index in [-0.39, 0.29) is 36.4 Å². The lowest BCUT2D eigenvalue weighted by atomic mass is 9.39. The van der Waals surface area contributed by atoms with Crippen LogP contribution < -0.4 is 11.1 Å². The van der Waals surface area contributed by atoms with E-state index in [1.54, 1.807) is 13.8 Å². The maximum atomic E-state index is 14.0. The molecule has 2 aliphatic carbocycles. The normalized spacial score (nSPS) is 41.0. The van der Waals surface area contributed by atoms with Crippen LogP contribution >= 0.6 is 12.4 Å². The zero-order valence-electron chi connectivity index (χ0n) is 24.3. The van der Waals surface area contributed by atoms with Crippen molar-refractivity contribution >= 4 is 30.3 Å². The van der Waals surface area contributed by atoms with Crippen LogP contribution in [0.25, 0.3) is 0 Å². The standard InChI is InChI=1S/C27H44N2O8.ClH.H2O/c1-10-24(7)13-15(30)27(34)25(8)16(35-17(31)14-29-22(2,3)4)11-12-23(5,6)19(25)18(32)20(36-21(28)33)26(27,9)37-24;;/h10,16,18-20,29,32,34H,1,11-14H2,2-9H3,(H2,28,33);1H;1H2/t16-,18-,19-,20-,24-,25-,26+,27-;;/m0../s1. The van der Waals surface area contributed by atoms with Crippen LogP contribution in [0.15, 0.2) is 12.7 Å². The first-order chi connectivity index (χ1) is 16.7. The fourth-order valence-corrected chi connectivity index (χ4v) is 7.30. The molecular weight excluding hydrogens is 532 g/mol. The van der Waals surface area contributed by atoms with Crippen molar-refractivity contribution in [2.75, 3.05) is 6.54 Å². The van der Waals surface area contributed by atoms with Crippen LogP contribution in [-0.4, -0.2) is 80.7 Å². The minimum absolute atomic E-state index is 0. The molecule has 0 aromatic carbocycles. The van der Waals surface area contributed by atoms with E-state index in [2.05, 4.69) is 11.9 Å². The van der Waals surface area contributed by atoms with E-state index in [0.29, 0.717) is 12.8 Å². The van der Waals surface area contributed by atoms with Crippen LogP contribution in [0.5, 0.6) is 0 Å². The number of ketones is 1. The monoisotopic (exact) mass is 578 g/mol. The highest BCUT2D eigenvalue weighted by molar-refractivity contribution is 5.92. The van der Waals surface area contributed by atoms with E-state index in [4.69, 9.17) is 19.9 Å². The van der Waals surface area contributed by atoms with Gasteiger partial charge in [0.15, 0.2) is 17.5 Å². The Labute approximate surface area is 236 Å². The summed E-state index contributed by atoms with van der Waals surface area (Å²) in [6.45, 7) is 18.0. The Morgan fingerprint density at radius 1 is 1.21 bits per heavy atom. The van der Waals surface area contributed by atoms with Crippen molar-refractivity contribution in [1.82, 2.24) is 5.32 Å². The summed E-state index contributed by atoms with van der Waals surface area (Å²) >= 11 is 0. The third-order valence-electron chi connectivity index (χ3n) is 8.97. The number of amides is 1. The van der Waals surface area contributed by atoms with Gasteiger partial charge < -0.3 is 41.0 Å². The van der Waals surface area contributed by atoms with Crippen LogP contribution in [0.3, 0.4) is 0 Å². The number of nitrogens with two attached hydrogens (primary N) is 1. The summed E-state index contributed by atoms with van der Waals surface area (Å²) in [5.74, 6) is -1.95. The van der Waals surface area contributed by atoms with Crippen molar-refractivity contribution in [2.45, 2.75) is 115 Å². The molecule has 0 aromatic heterocycles. The molecule has 39 heavy (non-hydrogen) atoms. The van der Waals surface area contributed by atoms with Gasteiger partial charge in [0.1, 0.15) is 11.7 Å². The summed E-state index contributed by atoms with van der Waals surface area (Å²) in [4.78, 5) is 39.0. The van der Waals surface area contributed by atoms with Crippen molar-refractivity contribution in [1.29, 1.82) is 0 Å². The molecule has 7 N–H and O–H groups in total. The summed E-state index contributed by atoms with van der Waals surface area (Å²) in [6.07, 6.45) is -2.89. The van der Waals surface area contributed by atoms with E-state index in [0.717, 1.165) is 0 Å². The van der Waals surface area contributed by atoms with Gasteiger partial charge in [-0.15, -0.1) is 19.0 Å². The van der Waals surface area contributed by atoms with E-state index in [1.807, 2.05) is 34.6 Å². The lowest BCUT2D eigenvalue weighted by molar-refractivity contribution is -0.369. The second kappa shape index (κ2) is 10.9. The number of Topliss-reactive ketones (excluding diaryl/α,β-unsaturated/α-hetero) is 1. The maximum Gasteiger partial charge on any atom is 0.404 e. The highest BCUT2D eigenvalue weighted by Crippen LogP contribution is 2.67. The summed E-state index contributed by atoms with van der Waals surface area (Å²) in [6, 6.07) is 0. The number of rotatable bonds is 5.